The molecule has 2 aromatic carbocycles. The topological polar surface area (TPSA) is 96.0 Å². The van der Waals surface area contributed by atoms with Gasteiger partial charge in [-0.2, -0.15) is 0 Å². The van der Waals surface area contributed by atoms with E-state index in [0.717, 1.165) is 17.4 Å². The summed E-state index contributed by atoms with van der Waals surface area (Å²) in [5.74, 6) is 0.254. The maximum absolute atomic E-state index is 13.2. The van der Waals surface area contributed by atoms with Crippen molar-refractivity contribution in [1.82, 2.24) is 10.2 Å². The molecule has 0 aliphatic heterocycles. The molecule has 0 radical (unpaired) electrons. The SMILES string of the molecule is CCNC(=O)[C@H](C)N(Cc1ccc(OC)cc1)C(=O)CCCN(c1ccc(C)cc1)S(C)(=O)=O. The molecule has 34 heavy (non-hydrogen) atoms. The van der Waals surface area contributed by atoms with Gasteiger partial charge in [-0.25, -0.2) is 8.42 Å². The number of likely N-dealkylation sites (N-methyl/N-ethyl adjacent to an activating group) is 1. The summed E-state index contributed by atoms with van der Waals surface area (Å²) in [5.41, 5.74) is 2.45. The number of anilines is 1. The molecule has 0 aromatic heterocycles. The summed E-state index contributed by atoms with van der Waals surface area (Å²) in [6, 6.07) is 13.9. The Bertz CT molecular complexity index is 1050. The van der Waals surface area contributed by atoms with Crippen LogP contribution in [0.25, 0.3) is 0 Å². The number of ether oxygens (including phenoxy) is 1. The van der Waals surface area contributed by atoms with Gasteiger partial charge in [-0.05, 0) is 57.0 Å². The number of carbonyl (C=O) groups excluding carboxylic acids is 2. The van der Waals surface area contributed by atoms with E-state index < -0.39 is 16.1 Å². The van der Waals surface area contributed by atoms with Gasteiger partial charge in [-0.15, -0.1) is 0 Å². The Morgan fingerprint density at radius 3 is 2.21 bits per heavy atom. The zero-order chi connectivity index (χ0) is 25.3. The van der Waals surface area contributed by atoms with E-state index in [2.05, 4.69) is 5.32 Å². The molecule has 0 spiro atoms. The molecule has 1 N–H and O–H groups in total. The first-order valence-electron chi connectivity index (χ1n) is 11.3. The zero-order valence-corrected chi connectivity index (χ0v) is 21.4. The smallest absolute Gasteiger partial charge is 0.242 e. The lowest BCUT2D eigenvalue weighted by Crippen LogP contribution is -2.47. The van der Waals surface area contributed by atoms with Gasteiger partial charge >= 0.3 is 0 Å². The molecule has 0 unspecified atom stereocenters. The van der Waals surface area contributed by atoms with Crippen molar-refractivity contribution in [3.05, 3.63) is 59.7 Å². The van der Waals surface area contributed by atoms with Gasteiger partial charge < -0.3 is 15.0 Å². The second-order valence-electron chi connectivity index (χ2n) is 8.21. The van der Waals surface area contributed by atoms with Crippen molar-refractivity contribution in [1.29, 1.82) is 0 Å². The summed E-state index contributed by atoms with van der Waals surface area (Å²) < 4.78 is 31.2. The Labute approximate surface area is 202 Å². The van der Waals surface area contributed by atoms with Gasteiger partial charge in [0.1, 0.15) is 11.8 Å². The molecule has 2 rings (SSSR count). The first-order valence-corrected chi connectivity index (χ1v) is 13.2. The minimum atomic E-state index is -3.51. The van der Waals surface area contributed by atoms with Crippen LogP contribution in [0.4, 0.5) is 5.69 Å². The number of nitrogens with one attached hydrogen (secondary N) is 1. The van der Waals surface area contributed by atoms with Gasteiger partial charge in [0.25, 0.3) is 0 Å². The highest BCUT2D eigenvalue weighted by atomic mass is 32.2. The Hall–Kier alpha value is -3.07. The largest absolute Gasteiger partial charge is 0.497 e. The molecule has 0 saturated heterocycles. The highest BCUT2D eigenvalue weighted by Crippen LogP contribution is 2.20. The van der Waals surface area contributed by atoms with Crippen LogP contribution in [0.2, 0.25) is 0 Å². The first kappa shape index (κ1) is 27.2. The van der Waals surface area contributed by atoms with E-state index in [1.165, 1.54) is 9.21 Å². The molecule has 2 amide bonds. The fraction of sp³-hybridized carbons (Fsp3) is 0.440. The van der Waals surface area contributed by atoms with Crippen molar-refractivity contribution >= 4 is 27.5 Å². The summed E-state index contributed by atoms with van der Waals surface area (Å²) in [6.07, 6.45) is 1.58. The number of amides is 2. The van der Waals surface area contributed by atoms with Crippen molar-refractivity contribution in [2.75, 3.05) is 30.8 Å². The second kappa shape index (κ2) is 12.4. The zero-order valence-electron chi connectivity index (χ0n) is 20.6. The number of aryl methyl sites for hydroxylation is 1. The third kappa shape index (κ3) is 7.76. The van der Waals surface area contributed by atoms with Gasteiger partial charge in [0.05, 0.1) is 19.1 Å². The fourth-order valence-electron chi connectivity index (χ4n) is 3.55. The number of nitrogens with zero attached hydrogens (tertiary/aromatic N) is 2. The molecule has 0 heterocycles. The summed E-state index contributed by atoms with van der Waals surface area (Å²) in [6.45, 7) is 6.34. The highest BCUT2D eigenvalue weighted by Gasteiger charge is 2.26. The second-order valence-corrected chi connectivity index (χ2v) is 10.1. The average Bonchev–Trinajstić information content (AvgIpc) is 2.80. The van der Waals surface area contributed by atoms with Crippen LogP contribution in [-0.2, 0) is 26.2 Å². The van der Waals surface area contributed by atoms with Crippen molar-refractivity contribution in [3.63, 3.8) is 0 Å². The molecule has 0 fully saturated rings. The number of methoxy groups -OCH3 is 1. The van der Waals surface area contributed by atoms with E-state index in [-0.39, 0.29) is 31.3 Å². The molecule has 2 aromatic rings. The molecule has 9 heteroatoms. The predicted molar refractivity (Wildman–Crippen MR) is 134 cm³/mol. The van der Waals surface area contributed by atoms with Crippen LogP contribution in [0.15, 0.2) is 48.5 Å². The van der Waals surface area contributed by atoms with E-state index in [1.807, 2.05) is 38.1 Å². The number of sulfonamides is 1. The summed E-state index contributed by atoms with van der Waals surface area (Å²) in [4.78, 5) is 27.2. The summed E-state index contributed by atoms with van der Waals surface area (Å²) in [7, 11) is -1.93. The highest BCUT2D eigenvalue weighted by molar-refractivity contribution is 7.92. The molecule has 0 saturated carbocycles. The Kier molecular flexibility index (Phi) is 9.92. The summed E-state index contributed by atoms with van der Waals surface area (Å²) in [5, 5.41) is 2.76. The van der Waals surface area contributed by atoms with Gasteiger partial charge in [0, 0.05) is 26.1 Å². The van der Waals surface area contributed by atoms with E-state index >= 15 is 0 Å². The maximum Gasteiger partial charge on any atom is 0.242 e. The molecular formula is C25H35N3O5S. The lowest BCUT2D eigenvalue weighted by Gasteiger charge is -2.29. The lowest BCUT2D eigenvalue weighted by molar-refractivity contribution is -0.140. The quantitative estimate of drug-likeness (QED) is 0.494. The number of rotatable bonds is 12. The lowest BCUT2D eigenvalue weighted by atomic mass is 10.1. The number of benzene rings is 2. The predicted octanol–water partition coefficient (Wildman–Crippen LogP) is 3.10. The van der Waals surface area contributed by atoms with Gasteiger partial charge in [0.2, 0.25) is 21.8 Å². The molecule has 0 aliphatic carbocycles. The van der Waals surface area contributed by atoms with E-state index in [4.69, 9.17) is 4.74 Å². The van der Waals surface area contributed by atoms with Crippen LogP contribution in [0, 0.1) is 6.92 Å². The van der Waals surface area contributed by atoms with Crippen LogP contribution < -0.4 is 14.4 Å². The third-order valence-electron chi connectivity index (χ3n) is 5.50. The Morgan fingerprint density at radius 1 is 1.06 bits per heavy atom. The standard InChI is InChI=1S/C25H35N3O5S/c1-6-26-25(30)20(3)27(18-21-11-15-23(33-4)16-12-21)24(29)8-7-17-28(34(5,31)32)22-13-9-19(2)10-14-22/h9-16,20H,6-8,17-18H2,1-5H3,(H,26,30)/t20-/m0/s1. The minimum absolute atomic E-state index is 0.109. The number of carbonyl (C=O) groups is 2. The van der Waals surface area contributed by atoms with Gasteiger partial charge in [-0.1, -0.05) is 29.8 Å². The fourth-order valence-corrected chi connectivity index (χ4v) is 4.51. The number of hydrogen-bond donors (Lipinski definition) is 1. The van der Waals surface area contributed by atoms with Crippen molar-refractivity contribution in [2.45, 2.75) is 46.2 Å². The molecule has 186 valence electrons. The van der Waals surface area contributed by atoms with Crippen molar-refractivity contribution in [3.8, 4) is 5.75 Å². The average molecular weight is 490 g/mol. The molecule has 0 aliphatic rings. The molecule has 8 nitrogen and oxygen atoms in total. The molecule has 0 bridgehead atoms. The maximum atomic E-state index is 13.2. The Morgan fingerprint density at radius 2 is 1.68 bits per heavy atom. The minimum Gasteiger partial charge on any atom is -0.497 e. The van der Waals surface area contributed by atoms with Gasteiger partial charge in [0.15, 0.2) is 0 Å². The van der Waals surface area contributed by atoms with Crippen LogP contribution in [0.1, 0.15) is 37.8 Å². The van der Waals surface area contributed by atoms with Crippen LogP contribution in [0.5, 0.6) is 5.75 Å². The first-order chi connectivity index (χ1) is 16.1. The van der Waals surface area contributed by atoms with Gasteiger partial charge in [-0.3, -0.25) is 13.9 Å². The van der Waals surface area contributed by atoms with E-state index in [0.29, 0.717) is 24.4 Å². The summed E-state index contributed by atoms with van der Waals surface area (Å²) >= 11 is 0. The number of hydrogen-bond acceptors (Lipinski definition) is 5. The van der Waals surface area contributed by atoms with E-state index in [9.17, 15) is 18.0 Å². The van der Waals surface area contributed by atoms with Crippen molar-refractivity contribution < 1.29 is 22.7 Å². The van der Waals surface area contributed by atoms with Crippen LogP contribution in [0.3, 0.4) is 0 Å². The van der Waals surface area contributed by atoms with Crippen LogP contribution >= 0.6 is 0 Å². The Balaban J connectivity index is 2.14. The molecular weight excluding hydrogens is 454 g/mol. The molecule has 1 atom stereocenters. The van der Waals surface area contributed by atoms with E-state index in [1.54, 1.807) is 38.3 Å². The van der Waals surface area contributed by atoms with Crippen molar-refractivity contribution in [2.24, 2.45) is 0 Å². The third-order valence-corrected chi connectivity index (χ3v) is 6.70. The monoisotopic (exact) mass is 489 g/mol. The normalized spacial score (nSPS) is 12.0. The van der Waals surface area contributed by atoms with Crippen LogP contribution in [-0.4, -0.2) is 57.6 Å².